The molecular formula is C60H75Cl3N6. The predicted molar refractivity (Wildman–Crippen MR) is 295 cm³/mol. The topological polar surface area (TPSA) is 42.1 Å². The number of nitrogens with zero attached hydrogens (tertiary/aromatic N) is 6. The van der Waals surface area contributed by atoms with Gasteiger partial charge in [-0.3, -0.25) is 9.80 Å². The van der Waals surface area contributed by atoms with Crippen molar-refractivity contribution in [2.45, 2.75) is 146 Å². The van der Waals surface area contributed by atoms with Gasteiger partial charge >= 0.3 is 0 Å². The van der Waals surface area contributed by atoms with Crippen LogP contribution >= 0.6 is 34.8 Å². The van der Waals surface area contributed by atoms with E-state index in [0.29, 0.717) is 22.1 Å². The fraction of sp³-hybridized carbons (Fsp3) is 0.433. The number of halogens is 3. The van der Waals surface area contributed by atoms with Crippen molar-refractivity contribution in [2.24, 2.45) is 11.8 Å². The number of benzene rings is 4. The molecule has 0 fully saturated rings. The van der Waals surface area contributed by atoms with Crippen LogP contribution in [0.4, 0.5) is 0 Å². The van der Waals surface area contributed by atoms with Gasteiger partial charge in [-0.1, -0.05) is 186 Å². The highest BCUT2D eigenvalue weighted by Crippen LogP contribution is 2.34. The average Bonchev–Trinajstić information content (AvgIpc) is 4.11. The zero-order chi connectivity index (χ0) is 49.0. The van der Waals surface area contributed by atoms with Crippen LogP contribution in [-0.4, -0.2) is 42.0 Å². The van der Waals surface area contributed by atoms with Crippen molar-refractivity contribution in [3.05, 3.63) is 163 Å². The first-order chi connectivity index (χ1) is 33.3. The predicted octanol–water partition coefficient (Wildman–Crippen LogP) is 16.4. The van der Waals surface area contributed by atoms with Crippen LogP contribution in [0.15, 0.2) is 97.1 Å². The van der Waals surface area contributed by atoms with Crippen LogP contribution in [0.1, 0.15) is 136 Å². The Morgan fingerprint density at radius 3 is 1.57 bits per heavy atom. The highest BCUT2D eigenvalue weighted by molar-refractivity contribution is 6.49. The molecule has 0 amide bonds. The first-order valence-electron chi connectivity index (χ1n) is 25.7. The summed E-state index contributed by atoms with van der Waals surface area (Å²) in [6.07, 6.45) is 15.4. The zero-order valence-electron chi connectivity index (χ0n) is 42.6. The molecule has 9 heteroatoms. The molecule has 0 N–H and O–H groups in total. The van der Waals surface area contributed by atoms with Crippen LogP contribution in [0.2, 0.25) is 10.3 Å². The van der Waals surface area contributed by atoms with Crippen molar-refractivity contribution in [3.63, 3.8) is 0 Å². The molecule has 0 saturated carbocycles. The van der Waals surface area contributed by atoms with E-state index in [0.717, 1.165) is 137 Å². The molecule has 6 nitrogen and oxygen atoms in total. The van der Waals surface area contributed by atoms with E-state index in [1.807, 2.05) is 0 Å². The molecule has 2 aliphatic carbocycles. The standard InChI is InChI=1S/C30H37Cl2N3.C30H38ClN3/c1-5-6-16-35-28(29(32)33-30(35)25-10-8-7-9-22(25)4)20-34(17-15-21(2)3)19-23-11-12-24-13-14-27(31)26(24)18-23;1-5-6-17-34-28(29(31)32-30(34)27-13-8-7-10-23(27)4)21-33(18-16-22(2)3)20-24-14-15-25-11-9-12-26(25)19-24/h7-12,14,18,21H,5-6,13,15-17,19-20H2,1-4H3;7-10,12-15,19,22H,5-6,11,16-18,20-21H2,1-4H3. The van der Waals surface area contributed by atoms with Crippen molar-refractivity contribution in [3.8, 4) is 22.8 Å². The third-order valence-electron chi connectivity index (χ3n) is 13.7. The number of aryl methyl sites for hydroxylation is 2. The second-order valence-electron chi connectivity index (χ2n) is 20.2. The smallest absolute Gasteiger partial charge is 0.152 e. The highest BCUT2D eigenvalue weighted by Gasteiger charge is 2.24. The molecular weight excluding hydrogens is 911 g/mol. The first-order valence-corrected chi connectivity index (χ1v) is 26.8. The summed E-state index contributed by atoms with van der Waals surface area (Å²) in [5, 5.41) is 2.13. The van der Waals surface area contributed by atoms with E-state index in [1.54, 1.807) is 0 Å². The molecule has 0 unspecified atom stereocenters. The van der Waals surface area contributed by atoms with Gasteiger partial charge in [-0.15, -0.1) is 0 Å². The fourth-order valence-corrected chi connectivity index (χ4v) is 10.2. The third-order valence-corrected chi connectivity index (χ3v) is 14.6. The SMILES string of the molecule is CCCCn1c(-c2ccccc2C)nc(Cl)c1CN(CCC(C)C)Cc1ccc2c(c1)C(Cl)=CC2.CCCCn1c(-c2ccccc2C)nc(Cl)c1CN(CCC(C)C)Cc1ccc2c(c1)C=CC2. The summed E-state index contributed by atoms with van der Waals surface area (Å²) in [4.78, 5) is 14.8. The summed E-state index contributed by atoms with van der Waals surface area (Å²) in [6.45, 7) is 25.2. The quantitative estimate of drug-likeness (QED) is 0.0680. The van der Waals surface area contributed by atoms with Gasteiger partial charge in [0.15, 0.2) is 10.3 Å². The second kappa shape index (κ2) is 25.1. The number of aromatic nitrogens is 4. The maximum atomic E-state index is 6.85. The molecule has 0 bridgehead atoms. The fourth-order valence-electron chi connectivity index (χ4n) is 9.47. The van der Waals surface area contributed by atoms with E-state index in [1.165, 1.54) is 50.1 Å². The van der Waals surface area contributed by atoms with Crippen LogP contribution in [0.25, 0.3) is 33.9 Å². The molecule has 8 rings (SSSR count). The number of hydrogen-bond donors (Lipinski definition) is 0. The third kappa shape index (κ3) is 13.7. The molecule has 0 spiro atoms. The number of unbranched alkanes of at least 4 members (excludes halogenated alkanes) is 2. The Labute approximate surface area is 429 Å². The van der Waals surface area contributed by atoms with Crippen molar-refractivity contribution >= 4 is 45.9 Å². The van der Waals surface area contributed by atoms with E-state index < -0.39 is 0 Å². The van der Waals surface area contributed by atoms with Gasteiger partial charge in [-0.2, -0.15) is 0 Å². The van der Waals surface area contributed by atoms with E-state index >= 15 is 0 Å². The minimum atomic E-state index is 0.619. The maximum Gasteiger partial charge on any atom is 0.152 e. The van der Waals surface area contributed by atoms with E-state index in [4.69, 9.17) is 44.8 Å². The molecule has 2 heterocycles. The summed E-state index contributed by atoms with van der Waals surface area (Å²) in [7, 11) is 0. The second-order valence-corrected chi connectivity index (χ2v) is 21.3. The minimum absolute atomic E-state index is 0.619. The Bertz CT molecular complexity index is 2700. The van der Waals surface area contributed by atoms with Gasteiger partial charge in [0.25, 0.3) is 0 Å². The number of allylic oxidation sites excluding steroid dienone is 2. The molecule has 0 radical (unpaired) electrons. The van der Waals surface area contributed by atoms with Gasteiger partial charge in [0.2, 0.25) is 0 Å². The monoisotopic (exact) mass is 985 g/mol. The lowest BCUT2D eigenvalue weighted by Gasteiger charge is -2.25. The summed E-state index contributed by atoms with van der Waals surface area (Å²) < 4.78 is 4.74. The van der Waals surface area contributed by atoms with Crippen molar-refractivity contribution in [1.29, 1.82) is 0 Å². The Hall–Kier alpha value is -4.43. The van der Waals surface area contributed by atoms with E-state index in [-0.39, 0.29) is 0 Å². The van der Waals surface area contributed by atoms with Crippen LogP contribution in [0, 0.1) is 25.7 Å². The maximum absolute atomic E-state index is 6.85. The zero-order valence-corrected chi connectivity index (χ0v) is 44.9. The van der Waals surface area contributed by atoms with Gasteiger partial charge in [0, 0.05) is 55.4 Å². The molecule has 2 aromatic heterocycles. The van der Waals surface area contributed by atoms with Crippen LogP contribution in [0.5, 0.6) is 0 Å². The van der Waals surface area contributed by atoms with Crippen LogP contribution in [0.3, 0.4) is 0 Å². The van der Waals surface area contributed by atoms with Gasteiger partial charge < -0.3 is 9.13 Å². The Morgan fingerprint density at radius 2 is 1.07 bits per heavy atom. The molecule has 366 valence electrons. The van der Waals surface area contributed by atoms with Crippen LogP contribution in [-0.2, 0) is 52.1 Å². The van der Waals surface area contributed by atoms with Gasteiger partial charge in [-0.25, -0.2) is 9.97 Å². The normalized spacial score (nSPS) is 12.9. The molecule has 0 atom stereocenters. The molecule has 69 heavy (non-hydrogen) atoms. The van der Waals surface area contributed by atoms with Crippen molar-refractivity contribution in [2.75, 3.05) is 13.1 Å². The molecule has 2 aliphatic rings. The van der Waals surface area contributed by atoms with Crippen molar-refractivity contribution < 1.29 is 0 Å². The Kier molecular flexibility index (Phi) is 19.1. The number of hydrogen-bond acceptors (Lipinski definition) is 4. The van der Waals surface area contributed by atoms with Crippen LogP contribution < -0.4 is 0 Å². The number of rotatable bonds is 22. The molecule has 6 aromatic rings. The lowest BCUT2D eigenvalue weighted by Crippen LogP contribution is -2.26. The summed E-state index contributed by atoms with van der Waals surface area (Å²) in [5.41, 5.74) is 15.0. The summed E-state index contributed by atoms with van der Waals surface area (Å²) in [5.74, 6) is 3.28. The van der Waals surface area contributed by atoms with Crippen molar-refractivity contribution in [1.82, 2.24) is 28.9 Å². The average molecular weight is 987 g/mol. The van der Waals surface area contributed by atoms with Gasteiger partial charge in [0.1, 0.15) is 11.6 Å². The lowest BCUT2D eigenvalue weighted by molar-refractivity contribution is 0.235. The molecule has 4 aromatic carbocycles. The highest BCUT2D eigenvalue weighted by atomic mass is 35.5. The largest absolute Gasteiger partial charge is 0.325 e. The van der Waals surface area contributed by atoms with Gasteiger partial charge in [-0.05, 0) is 128 Å². The van der Waals surface area contributed by atoms with E-state index in [2.05, 4.69) is 177 Å². The van der Waals surface area contributed by atoms with E-state index in [9.17, 15) is 0 Å². The Balaban J connectivity index is 0.000000204. The number of imidazole rings is 2. The molecule has 0 aliphatic heterocycles. The van der Waals surface area contributed by atoms with Gasteiger partial charge in [0.05, 0.1) is 11.4 Å². The molecule has 0 saturated heterocycles. The first kappa shape index (κ1) is 52.4. The Morgan fingerprint density at radius 1 is 0.580 bits per heavy atom. The summed E-state index contributed by atoms with van der Waals surface area (Å²) >= 11 is 20.2. The number of fused-ring (bicyclic) bond motifs is 2. The summed E-state index contributed by atoms with van der Waals surface area (Å²) in [6, 6.07) is 30.6. The lowest BCUT2D eigenvalue weighted by atomic mass is 10.0. The minimum Gasteiger partial charge on any atom is -0.325 e.